The van der Waals surface area contributed by atoms with Gasteiger partial charge in [0.25, 0.3) is 0 Å². The first kappa shape index (κ1) is 12.8. The molecule has 0 aliphatic carbocycles. The van der Waals surface area contributed by atoms with Crippen LogP contribution in [0.25, 0.3) is 0 Å². The largest absolute Gasteiger partial charge is 0.481 e. The van der Waals surface area contributed by atoms with Crippen molar-refractivity contribution >= 4 is 11.9 Å². The number of hydrogen-bond donors (Lipinski definition) is 1. The van der Waals surface area contributed by atoms with Crippen molar-refractivity contribution in [3.63, 3.8) is 0 Å². The summed E-state index contributed by atoms with van der Waals surface area (Å²) in [6.45, 7) is 2.88. The van der Waals surface area contributed by atoms with Gasteiger partial charge in [0, 0.05) is 5.92 Å². The fourth-order valence-electron chi connectivity index (χ4n) is 2.47. The first-order valence-electron chi connectivity index (χ1n) is 5.54. The van der Waals surface area contributed by atoms with Crippen LogP contribution in [0.2, 0.25) is 0 Å². The molecular weight excluding hydrogens is 206 g/mol. The highest BCUT2D eigenvalue weighted by Gasteiger charge is 2.36. The van der Waals surface area contributed by atoms with Gasteiger partial charge in [-0.3, -0.25) is 19.2 Å². The molecule has 2 unspecified atom stereocenters. The number of nitrogens with zero attached hydrogens (tertiary/aromatic N) is 3. The summed E-state index contributed by atoms with van der Waals surface area (Å²) in [4.78, 5) is 15.0. The summed E-state index contributed by atoms with van der Waals surface area (Å²) in [7, 11) is 8.04. The standard InChI is InChI=1S/C11H21N3O2/c1-8-9(6-10(15)16)7-13(4)11(12(2)3)14(8)5/h8-9H,6-7H2,1-5H3/p+1. The normalized spacial score (nSPS) is 25.9. The lowest BCUT2D eigenvalue weighted by molar-refractivity contribution is -0.559. The number of aliphatic carboxylic acids is 1. The molecule has 0 spiro atoms. The Morgan fingerprint density at radius 1 is 1.62 bits per heavy atom. The first-order valence-corrected chi connectivity index (χ1v) is 5.54. The summed E-state index contributed by atoms with van der Waals surface area (Å²) in [5.74, 6) is 0.595. The second kappa shape index (κ2) is 4.72. The average Bonchev–Trinajstić information content (AvgIpc) is 2.12. The van der Waals surface area contributed by atoms with E-state index in [1.807, 2.05) is 28.2 Å². The molecule has 0 aromatic carbocycles. The first-order chi connectivity index (χ1) is 7.34. The SMILES string of the molecule is CC1C(CC(=O)O)CN(C)C(N(C)C)=[N+]1C. The van der Waals surface area contributed by atoms with Crippen LogP contribution in [0.3, 0.4) is 0 Å². The third-order valence-corrected chi connectivity index (χ3v) is 3.30. The monoisotopic (exact) mass is 228 g/mol. The topological polar surface area (TPSA) is 46.8 Å². The van der Waals surface area contributed by atoms with Gasteiger partial charge >= 0.3 is 11.9 Å². The number of carboxylic acid groups (broad SMARTS) is 1. The lowest BCUT2D eigenvalue weighted by Crippen LogP contribution is -2.55. The van der Waals surface area contributed by atoms with Gasteiger partial charge in [0.15, 0.2) is 0 Å². The van der Waals surface area contributed by atoms with Crippen LogP contribution in [0.15, 0.2) is 0 Å². The van der Waals surface area contributed by atoms with E-state index in [1.54, 1.807) is 0 Å². The summed E-state index contributed by atoms with van der Waals surface area (Å²) >= 11 is 0. The third kappa shape index (κ3) is 2.46. The third-order valence-electron chi connectivity index (χ3n) is 3.30. The van der Waals surface area contributed by atoms with Crippen LogP contribution in [0.1, 0.15) is 13.3 Å². The van der Waals surface area contributed by atoms with E-state index in [2.05, 4.69) is 21.3 Å². The Morgan fingerprint density at radius 3 is 2.62 bits per heavy atom. The molecule has 0 aromatic rings. The number of carboxylic acids is 1. The van der Waals surface area contributed by atoms with E-state index in [0.29, 0.717) is 0 Å². The average molecular weight is 228 g/mol. The highest BCUT2D eigenvalue weighted by atomic mass is 16.4. The minimum absolute atomic E-state index is 0.177. The molecule has 92 valence electrons. The highest BCUT2D eigenvalue weighted by Crippen LogP contribution is 2.18. The summed E-state index contributed by atoms with van der Waals surface area (Å²) in [5.41, 5.74) is 0. The molecule has 0 aromatic heterocycles. The molecule has 16 heavy (non-hydrogen) atoms. The van der Waals surface area contributed by atoms with E-state index in [9.17, 15) is 4.79 Å². The molecule has 0 saturated heterocycles. The molecule has 0 saturated carbocycles. The van der Waals surface area contributed by atoms with Gasteiger partial charge < -0.3 is 5.11 Å². The van der Waals surface area contributed by atoms with Crippen LogP contribution >= 0.6 is 0 Å². The summed E-state index contributed by atoms with van der Waals surface area (Å²) in [6.07, 6.45) is 0.233. The fourth-order valence-corrected chi connectivity index (χ4v) is 2.47. The molecule has 2 atom stereocenters. The van der Waals surface area contributed by atoms with E-state index >= 15 is 0 Å². The molecule has 1 heterocycles. The smallest absolute Gasteiger partial charge is 0.349 e. The number of hydrogen-bond acceptors (Lipinski definition) is 3. The Balaban J connectivity index is 2.93. The van der Waals surface area contributed by atoms with Gasteiger partial charge in [-0.25, -0.2) is 0 Å². The Hall–Kier alpha value is -1.26. The van der Waals surface area contributed by atoms with Crippen LogP contribution in [0.5, 0.6) is 0 Å². The van der Waals surface area contributed by atoms with Crippen LogP contribution in [-0.2, 0) is 4.79 Å². The van der Waals surface area contributed by atoms with Crippen molar-refractivity contribution in [1.82, 2.24) is 9.80 Å². The van der Waals surface area contributed by atoms with E-state index in [1.165, 1.54) is 0 Å². The van der Waals surface area contributed by atoms with Gasteiger partial charge in [-0.1, -0.05) is 0 Å². The maximum atomic E-state index is 10.8. The number of carbonyl (C=O) groups is 1. The van der Waals surface area contributed by atoms with Gasteiger partial charge in [-0.2, -0.15) is 0 Å². The van der Waals surface area contributed by atoms with E-state index in [-0.39, 0.29) is 18.4 Å². The minimum Gasteiger partial charge on any atom is -0.481 e. The van der Waals surface area contributed by atoms with E-state index in [4.69, 9.17) is 5.11 Å². The zero-order valence-corrected chi connectivity index (χ0v) is 10.8. The van der Waals surface area contributed by atoms with Gasteiger partial charge in [0.2, 0.25) is 0 Å². The van der Waals surface area contributed by atoms with E-state index in [0.717, 1.165) is 12.5 Å². The van der Waals surface area contributed by atoms with Crippen LogP contribution in [0.4, 0.5) is 0 Å². The highest BCUT2D eigenvalue weighted by molar-refractivity contribution is 5.75. The predicted octanol–water partition coefficient (Wildman–Crippen LogP) is -0.0289. The quantitative estimate of drug-likeness (QED) is 0.674. The summed E-state index contributed by atoms with van der Waals surface area (Å²) in [5, 5.41) is 8.88. The van der Waals surface area contributed by atoms with Crippen molar-refractivity contribution in [2.24, 2.45) is 5.92 Å². The van der Waals surface area contributed by atoms with Crippen molar-refractivity contribution in [3.05, 3.63) is 0 Å². The molecule has 0 fully saturated rings. The van der Waals surface area contributed by atoms with Crippen molar-refractivity contribution in [2.45, 2.75) is 19.4 Å². The molecular formula is C11H22N3O2+. The van der Waals surface area contributed by atoms with Gasteiger partial charge in [0.05, 0.1) is 47.2 Å². The number of rotatable bonds is 2. The van der Waals surface area contributed by atoms with Crippen LogP contribution < -0.4 is 0 Å². The maximum Gasteiger partial charge on any atom is 0.349 e. The second-order valence-corrected chi connectivity index (χ2v) is 4.78. The summed E-state index contributed by atoms with van der Waals surface area (Å²) < 4.78 is 2.15. The maximum absolute atomic E-state index is 10.8. The molecule has 0 amide bonds. The van der Waals surface area contributed by atoms with Crippen molar-refractivity contribution in [1.29, 1.82) is 0 Å². The van der Waals surface area contributed by atoms with Crippen molar-refractivity contribution < 1.29 is 14.5 Å². The van der Waals surface area contributed by atoms with Gasteiger partial charge in [0.1, 0.15) is 0 Å². The zero-order chi connectivity index (χ0) is 12.5. The molecule has 1 N–H and O–H groups in total. The molecule has 0 bridgehead atoms. The molecule has 5 heteroatoms. The van der Waals surface area contributed by atoms with Gasteiger partial charge in [-0.15, -0.1) is 0 Å². The lowest BCUT2D eigenvalue weighted by Gasteiger charge is -2.35. The molecule has 1 rings (SSSR count). The molecule has 1 aliphatic heterocycles. The van der Waals surface area contributed by atoms with E-state index < -0.39 is 5.97 Å². The zero-order valence-electron chi connectivity index (χ0n) is 10.8. The lowest BCUT2D eigenvalue weighted by atomic mass is 9.95. The predicted molar refractivity (Wildman–Crippen MR) is 62.7 cm³/mol. The molecule has 5 nitrogen and oxygen atoms in total. The minimum atomic E-state index is -0.716. The van der Waals surface area contributed by atoms with Crippen LogP contribution in [0, 0.1) is 5.92 Å². The Bertz CT molecular complexity index is 312. The fraction of sp³-hybridized carbons (Fsp3) is 0.818. The van der Waals surface area contributed by atoms with Crippen LogP contribution in [-0.4, -0.2) is 72.2 Å². The molecule has 0 radical (unpaired) electrons. The Morgan fingerprint density at radius 2 is 2.19 bits per heavy atom. The van der Waals surface area contributed by atoms with Crippen molar-refractivity contribution in [3.8, 4) is 0 Å². The Labute approximate surface area is 97.0 Å². The summed E-state index contributed by atoms with van der Waals surface area (Å²) in [6, 6.07) is 0.254. The number of guanidine groups is 1. The molecule has 1 aliphatic rings. The van der Waals surface area contributed by atoms with Crippen molar-refractivity contribution in [2.75, 3.05) is 34.7 Å². The Kier molecular flexibility index (Phi) is 3.78. The second-order valence-electron chi connectivity index (χ2n) is 4.78. The van der Waals surface area contributed by atoms with Gasteiger partial charge in [-0.05, 0) is 6.92 Å².